The molecule has 0 heterocycles. The molecule has 0 unspecified atom stereocenters. The van der Waals surface area contributed by atoms with Crippen molar-refractivity contribution in [2.24, 2.45) is 0 Å². The summed E-state index contributed by atoms with van der Waals surface area (Å²) in [4.78, 5) is 20.4. The standard InChI is InChI=1S/C8H4O2.CH3.Au/c9-6-8(10)7-4-2-1-3-5-7;;/h1-4H;1H3;/q-2;-1;+3. The first-order valence-electron chi connectivity index (χ1n) is 2.74. The van der Waals surface area contributed by atoms with Crippen LogP contribution in [0.1, 0.15) is 10.4 Å². The van der Waals surface area contributed by atoms with Crippen molar-refractivity contribution < 1.29 is 32.0 Å². The number of carbonyl (C=O) groups excluding carboxylic acids is 2. The Kier molecular flexibility index (Phi) is 8.06. The molecule has 0 aliphatic rings. The predicted molar refractivity (Wildman–Crippen MR) is 41.7 cm³/mol. The van der Waals surface area contributed by atoms with E-state index in [0.717, 1.165) is 0 Å². The van der Waals surface area contributed by atoms with E-state index in [9.17, 15) is 9.59 Å². The second-order valence-corrected chi connectivity index (χ2v) is 1.71. The quantitative estimate of drug-likeness (QED) is 0.350. The molecule has 0 saturated heterocycles. The van der Waals surface area contributed by atoms with Gasteiger partial charge >= 0.3 is 22.4 Å². The largest absolute Gasteiger partial charge is 3.00 e. The Bertz CT molecular complexity index is 244. The van der Waals surface area contributed by atoms with Gasteiger partial charge in [-0.2, -0.15) is 12.1 Å². The van der Waals surface area contributed by atoms with E-state index in [-0.39, 0.29) is 35.4 Å². The number of Topliss-reactive ketones (excluding diaryl/α,β-unsaturated/α-hetero) is 1. The Labute approximate surface area is 87.5 Å². The minimum absolute atomic E-state index is 0. The molecular weight excluding hydrogens is 337 g/mol. The number of ketones is 1. The van der Waals surface area contributed by atoms with Crippen molar-refractivity contribution in [2.75, 3.05) is 0 Å². The van der Waals surface area contributed by atoms with Gasteiger partial charge in [0.1, 0.15) is 0 Å². The zero-order valence-electron chi connectivity index (χ0n) is 6.43. The van der Waals surface area contributed by atoms with Crippen molar-refractivity contribution in [3.8, 4) is 0 Å². The fourth-order valence-electron chi connectivity index (χ4n) is 0.590. The molecule has 12 heavy (non-hydrogen) atoms. The van der Waals surface area contributed by atoms with Gasteiger partial charge in [-0.25, -0.2) is 12.1 Å². The molecule has 0 radical (unpaired) electrons. The SMILES string of the molecule is O=[C-]C(=O)c1[c-]cccc1.[Au+3].[CH3-]. The molecule has 3 heteroatoms. The van der Waals surface area contributed by atoms with Crippen molar-refractivity contribution in [3.05, 3.63) is 43.3 Å². The molecule has 0 aliphatic heterocycles. The average Bonchev–Trinajstić information content (AvgIpc) is 2.05. The van der Waals surface area contributed by atoms with E-state index in [0.29, 0.717) is 0 Å². The van der Waals surface area contributed by atoms with E-state index in [4.69, 9.17) is 0 Å². The van der Waals surface area contributed by atoms with E-state index >= 15 is 0 Å². The molecule has 0 aliphatic carbocycles. The summed E-state index contributed by atoms with van der Waals surface area (Å²) >= 11 is 0. The van der Waals surface area contributed by atoms with Gasteiger partial charge in [0.05, 0.1) is 0 Å². The Balaban J connectivity index is 0. The van der Waals surface area contributed by atoms with Crippen LogP contribution in [0.25, 0.3) is 0 Å². The summed E-state index contributed by atoms with van der Waals surface area (Å²) in [5.74, 6) is -0.652. The number of hydrogen-bond donors (Lipinski definition) is 0. The second-order valence-electron chi connectivity index (χ2n) is 1.71. The molecule has 1 rings (SSSR count). The summed E-state index contributed by atoms with van der Waals surface area (Å²) in [6.07, 6.45) is 1.26. The zero-order valence-corrected chi connectivity index (χ0v) is 8.59. The van der Waals surface area contributed by atoms with Gasteiger partial charge in [0, 0.05) is 0 Å². The molecule has 0 fully saturated rings. The van der Waals surface area contributed by atoms with Crippen LogP contribution >= 0.6 is 0 Å². The molecule has 0 atom stereocenters. The molecular formula is C9H7AuO2. The maximum atomic E-state index is 10.6. The average molecular weight is 344 g/mol. The van der Waals surface area contributed by atoms with E-state index in [1.807, 2.05) is 0 Å². The minimum atomic E-state index is -0.652. The molecule has 0 aromatic heterocycles. The van der Waals surface area contributed by atoms with E-state index < -0.39 is 5.78 Å². The van der Waals surface area contributed by atoms with Crippen LogP contribution in [-0.4, -0.2) is 12.1 Å². The fourth-order valence-corrected chi connectivity index (χ4v) is 0.590. The Morgan fingerprint density at radius 2 is 2.08 bits per heavy atom. The smallest absolute Gasteiger partial charge is 0.426 e. The third-order valence-electron chi connectivity index (χ3n) is 1.05. The van der Waals surface area contributed by atoms with Crippen LogP contribution in [0.4, 0.5) is 0 Å². The molecule has 0 bridgehead atoms. The third-order valence-corrected chi connectivity index (χ3v) is 1.05. The van der Waals surface area contributed by atoms with Gasteiger partial charge in [0.15, 0.2) is 0 Å². The van der Waals surface area contributed by atoms with E-state index in [1.165, 1.54) is 12.4 Å². The van der Waals surface area contributed by atoms with Gasteiger partial charge in [-0.05, 0) is 12.1 Å². The van der Waals surface area contributed by atoms with Gasteiger partial charge in [0.25, 0.3) is 0 Å². The minimum Gasteiger partial charge on any atom is -0.426 e. The van der Waals surface area contributed by atoms with Crippen molar-refractivity contribution >= 4 is 12.1 Å². The number of benzene rings is 1. The Morgan fingerprint density at radius 1 is 1.42 bits per heavy atom. The first-order chi connectivity index (χ1) is 4.84. The maximum Gasteiger partial charge on any atom is 3.00 e. The van der Waals surface area contributed by atoms with Crippen molar-refractivity contribution in [3.63, 3.8) is 0 Å². The van der Waals surface area contributed by atoms with Gasteiger partial charge < -0.3 is 17.0 Å². The van der Waals surface area contributed by atoms with Crippen LogP contribution in [-0.2, 0) is 27.2 Å². The molecule has 1 aromatic rings. The van der Waals surface area contributed by atoms with Crippen LogP contribution in [0.15, 0.2) is 24.3 Å². The first kappa shape index (κ1) is 13.9. The van der Waals surface area contributed by atoms with Crippen LogP contribution in [0.3, 0.4) is 0 Å². The number of hydrogen-bond acceptors (Lipinski definition) is 2. The zero-order chi connectivity index (χ0) is 7.40. The summed E-state index contributed by atoms with van der Waals surface area (Å²) in [5, 5.41) is 0. The van der Waals surface area contributed by atoms with Crippen molar-refractivity contribution in [1.82, 2.24) is 0 Å². The van der Waals surface area contributed by atoms with Gasteiger partial charge in [-0.15, -0.1) is 6.07 Å². The van der Waals surface area contributed by atoms with Gasteiger partial charge in [-0.1, -0.05) is 0 Å². The van der Waals surface area contributed by atoms with Crippen LogP contribution in [0.5, 0.6) is 0 Å². The molecule has 1 aromatic carbocycles. The normalized spacial score (nSPS) is 7.33. The molecule has 0 saturated carbocycles. The molecule has 0 spiro atoms. The van der Waals surface area contributed by atoms with Crippen LogP contribution in [0.2, 0.25) is 0 Å². The molecule has 0 amide bonds. The summed E-state index contributed by atoms with van der Waals surface area (Å²) in [7, 11) is 0. The third kappa shape index (κ3) is 3.62. The summed E-state index contributed by atoms with van der Waals surface area (Å²) in [5.41, 5.74) is 0.262. The van der Waals surface area contributed by atoms with Gasteiger partial charge in [-0.3, -0.25) is 5.56 Å². The van der Waals surface area contributed by atoms with Gasteiger partial charge in [0.2, 0.25) is 0 Å². The van der Waals surface area contributed by atoms with Crippen molar-refractivity contribution in [2.45, 2.75) is 0 Å². The van der Waals surface area contributed by atoms with E-state index in [2.05, 4.69) is 6.07 Å². The van der Waals surface area contributed by atoms with Crippen LogP contribution < -0.4 is 0 Å². The monoisotopic (exact) mass is 344 g/mol. The van der Waals surface area contributed by atoms with E-state index in [1.54, 1.807) is 18.2 Å². The Morgan fingerprint density at radius 3 is 2.50 bits per heavy atom. The number of carbonyl (C=O) groups is 1. The van der Waals surface area contributed by atoms with Crippen LogP contribution in [0, 0.1) is 13.5 Å². The topological polar surface area (TPSA) is 34.1 Å². The van der Waals surface area contributed by atoms with Crippen molar-refractivity contribution in [1.29, 1.82) is 0 Å². The molecule has 2 nitrogen and oxygen atoms in total. The first-order valence-corrected chi connectivity index (χ1v) is 2.74. The Hall–Kier alpha value is -0.700. The summed E-state index contributed by atoms with van der Waals surface area (Å²) in [6.45, 7) is 0. The second kappa shape index (κ2) is 6.98. The predicted octanol–water partition coefficient (Wildman–Crippen LogP) is 1.23. The number of rotatable bonds is 2. The summed E-state index contributed by atoms with van der Waals surface area (Å²) < 4.78 is 0. The molecule has 0 N–H and O–H groups in total. The fraction of sp³-hybridized carbons (Fsp3) is 0. The summed E-state index contributed by atoms with van der Waals surface area (Å²) in [6, 6.07) is 9.09. The molecule has 66 valence electrons. The maximum absolute atomic E-state index is 10.6.